The molecule has 0 aromatic rings. The third kappa shape index (κ3) is 4.15. The molecule has 0 aromatic carbocycles. The summed E-state index contributed by atoms with van der Waals surface area (Å²) < 4.78 is 0. The summed E-state index contributed by atoms with van der Waals surface area (Å²) in [6, 6.07) is 0. The number of hydrogen-bond acceptors (Lipinski definition) is 1. The molecule has 1 aliphatic rings. The van der Waals surface area contributed by atoms with Gasteiger partial charge in [0, 0.05) is 19.0 Å². The highest BCUT2D eigenvalue weighted by molar-refractivity contribution is 5.78. The van der Waals surface area contributed by atoms with E-state index in [9.17, 15) is 4.79 Å². The van der Waals surface area contributed by atoms with Gasteiger partial charge in [0.05, 0.1) is 0 Å². The molecule has 2 heteroatoms. The Hall–Kier alpha value is -0.530. The quantitative estimate of drug-likeness (QED) is 0.706. The number of nitrogens with zero attached hydrogens (tertiary/aromatic N) is 1. The summed E-state index contributed by atoms with van der Waals surface area (Å²) in [5.41, 5.74) is 0.425. The highest BCUT2D eigenvalue weighted by Crippen LogP contribution is 2.31. The highest BCUT2D eigenvalue weighted by atomic mass is 16.2. The van der Waals surface area contributed by atoms with E-state index in [1.165, 1.54) is 19.3 Å². The van der Waals surface area contributed by atoms with E-state index in [0.717, 1.165) is 19.0 Å². The average molecular weight is 225 g/mol. The van der Waals surface area contributed by atoms with Crippen LogP contribution in [-0.2, 0) is 4.79 Å². The van der Waals surface area contributed by atoms with Gasteiger partial charge in [-0.05, 0) is 30.6 Å². The standard InChI is InChI=1S/C14H27NO/c1-11(2)13(16)15-8-6-12(7-9-15)10-14(3,4)5/h11-12H,6-10H2,1-5H3. The maximum atomic E-state index is 11.8. The third-order valence-electron chi connectivity index (χ3n) is 3.32. The number of piperidine rings is 1. The van der Waals surface area contributed by atoms with Gasteiger partial charge in [0.15, 0.2) is 0 Å². The Morgan fingerprint density at radius 3 is 2.12 bits per heavy atom. The lowest BCUT2D eigenvalue weighted by atomic mass is 9.80. The Kier molecular flexibility index (Phi) is 4.40. The number of amides is 1. The third-order valence-corrected chi connectivity index (χ3v) is 3.32. The van der Waals surface area contributed by atoms with Gasteiger partial charge in [-0.15, -0.1) is 0 Å². The molecule has 0 spiro atoms. The summed E-state index contributed by atoms with van der Waals surface area (Å²) in [5, 5.41) is 0. The summed E-state index contributed by atoms with van der Waals surface area (Å²) in [7, 11) is 0. The van der Waals surface area contributed by atoms with Crippen LogP contribution in [0.15, 0.2) is 0 Å². The van der Waals surface area contributed by atoms with Gasteiger partial charge in [-0.3, -0.25) is 4.79 Å². The van der Waals surface area contributed by atoms with Gasteiger partial charge in [-0.2, -0.15) is 0 Å². The molecule has 94 valence electrons. The van der Waals surface area contributed by atoms with Crippen LogP contribution in [0.3, 0.4) is 0 Å². The Morgan fingerprint density at radius 2 is 1.75 bits per heavy atom. The molecular weight excluding hydrogens is 198 g/mol. The second kappa shape index (κ2) is 5.20. The maximum Gasteiger partial charge on any atom is 0.225 e. The molecule has 1 fully saturated rings. The maximum absolute atomic E-state index is 11.8. The Labute approximate surface area is 100 Å². The van der Waals surface area contributed by atoms with Crippen LogP contribution in [0.4, 0.5) is 0 Å². The van der Waals surface area contributed by atoms with Crippen molar-refractivity contribution in [2.75, 3.05) is 13.1 Å². The molecule has 1 aliphatic heterocycles. The van der Waals surface area contributed by atoms with Crippen LogP contribution >= 0.6 is 0 Å². The lowest BCUT2D eigenvalue weighted by Gasteiger charge is -2.35. The molecule has 0 bridgehead atoms. The molecule has 0 atom stereocenters. The summed E-state index contributed by atoms with van der Waals surface area (Å²) >= 11 is 0. The van der Waals surface area contributed by atoms with Crippen LogP contribution in [0.5, 0.6) is 0 Å². The zero-order valence-electron chi connectivity index (χ0n) is 11.5. The first-order valence-corrected chi connectivity index (χ1v) is 6.58. The summed E-state index contributed by atoms with van der Waals surface area (Å²) in [5.74, 6) is 1.30. The van der Waals surface area contributed by atoms with Crippen molar-refractivity contribution in [1.82, 2.24) is 4.90 Å². The normalized spacial score (nSPS) is 19.2. The summed E-state index contributed by atoms with van der Waals surface area (Å²) in [6.07, 6.45) is 3.67. The second-order valence-electron chi connectivity index (χ2n) is 6.69. The van der Waals surface area contributed by atoms with Crippen LogP contribution in [0.25, 0.3) is 0 Å². The van der Waals surface area contributed by atoms with Crippen molar-refractivity contribution in [2.24, 2.45) is 17.3 Å². The molecule has 1 rings (SSSR count). The molecular formula is C14H27NO. The molecule has 0 N–H and O–H groups in total. The molecule has 0 unspecified atom stereocenters. The minimum Gasteiger partial charge on any atom is -0.342 e. The van der Waals surface area contributed by atoms with Crippen LogP contribution in [0.1, 0.15) is 53.9 Å². The molecule has 1 saturated heterocycles. The van der Waals surface area contributed by atoms with Gasteiger partial charge >= 0.3 is 0 Å². The fraction of sp³-hybridized carbons (Fsp3) is 0.929. The van der Waals surface area contributed by atoms with Gasteiger partial charge in [0.2, 0.25) is 5.91 Å². The first-order valence-electron chi connectivity index (χ1n) is 6.58. The van der Waals surface area contributed by atoms with Crippen molar-refractivity contribution in [2.45, 2.75) is 53.9 Å². The van der Waals surface area contributed by atoms with Crippen molar-refractivity contribution < 1.29 is 4.79 Å². The summed E-state index contributed by atoms with van der Waals surface area (Å²) in [4.78, 5) is 13.9. The Bertz CT molecular complexity index is 232. The number of likely N-dealkylation sites (tertiary alicyclic amines) is 1. The average Bonchev–Trinajstić information content (AvgIpc) is 2.15. The van der Waals surface area contributed by atoms with Gasteiger partial charge < -0.3 is 4.90 Å². The van der Waals surface area contributed by atoms with E-state index in [1.54, 1.807) is 0 Å². The highest BCUT2D eigenvalue weighted by Gasteiger charge is 2.26. The van der Waals surface area contributed by atoms with E-state index < -0.39 is 0 Å². The van der Waals surface area contributed by atoms with Crippen molar-refractivity contribution in [3.8, 4) is 0 Å². The Morgan fingerprint density at radius 1 is 1.25 bits per heavy atom. The zero-order valence-corrected chi connectivity index (χ0v) is 11.5. The second-order valence-corrected chi connectivity index (χ2v) is 6.69. The number of rotatable bonds is 2. The van der Waals surface area contributed by atoms with Crippen LogP contribution in [0.2, 0.25) is 0 Å². The summed E-state index contributed by atoms with van der Waals surface area (Å²) in [6.45, 7) is 12.8. The van der Waals surface area contributed by atoms with Crippen molar-refractivity contribution in [3.05, 3.63) is 0 Å². The van der Waals surface area contributed by atoms with Crippen LogP contribution < -0.4 is 0 Å². The van der Waals surface area contributed by atoms with E-state index in [-0.39, 0.29) is 5.92 Å². The fourth-order valence-corrected chi connectivity index (χ4v) is 2.59. The topological polar surface area (TPSA) is 20.3 Å². The molecule has 0 aromatic heterocycles. The number of hydrogen-bond donors (Lipinski definition) is 0. The van der Waals surface area contributed by atoms with Crippen molar-refractivity contribution >= 4 is 5.91 Å². The molecule has 1 heterocycles. The van der Waals surface area contributed by atoms with Crippen molar-refractivity contribution in [1.29, 1.82) is 0 Å². The lowest BCUT2D eigenvalue weighted by Crippen LogP contribution is -2.41. The van der Waals surface area contributed by atoms with E-state index in [2.05, 4.69) is 20.8 Å². The first-order chi connectivity index (χ1) is 7.29. The largest absolute Gasteiger partial charge is 0.342 e. The predicted octanol–water partition coefficient (Wildman–Crippen LogP) is 3.32. The number of carbonyl (C=O) groups excluding carboxylic acids is 1. The van der Waals surface area contributed by atoms with E-state index in [4.69, 9.17) is 0 Å². The monoisotopic (exact) mass is 225 g/mol. The predicted molar refractivity (Wildman–Crippen MR) is 68.2 cm³/mol. The molecule has 0 aliphatic carbocycles. The lowest BCUT2D eigenvalue weighted by molar-refractivity contribution is -0.135. The van der Waals surface area contributed by atoms with Gasteiger partial charge in [0.1, 0.15) is 0 Å². The van der Waals surface area contributed by atoms with Gasteiger partial charge in [-0.25, -0.2) is 0 Å². The van der Waals surface area contributed by atoms with E-state index >= 15 is 0 Å². The van der Waals surface area contributed by atoms with Crippen molar-refractivity contribution in [3.63, 3.8) is 0 Å². The van der Waals surface area contributed by atoms with E-state index in [1.807, 2.05) is 18.7 Å². The number of carbonyl (C=O) groups is 1. The Balaban J connectivity index is 2.37. The fourth-order valence-electron chi connectivity index (χ4n) is 2.59. The molecule has 2 nitrogen and oxygen atoms in total. The molecule has 1 amide bonds. The van der Waals surface area contributed by atoms with E-state index in [0.29, 0.717) is 11.3 Å². The zero-order chi connectivity index (χ0) is 12.3. The van der Waals surface area contributed by atoms with Gasteiger partial charge in [-0.1, -0.05) is 34.6 Å². The minimum absolute atomic E-state index is 0.152. The van der Waals surface area contributed by atoms with Crippen LogP contribution in [-0.4, -0.2) is 23.9 Å². The smallest absolute Gasteiger partial charge is 0.225 e. The molecule has 0 saturated carbocycles. The first kappa shape index (κ1) is 13.5. The molecule has 16 heavy (non-hydrogen) atoms. The minimum atomic E-state index is 0.152. The SMILES string of the molecule is CC(C)C(=O)N1CCC(CC(C)(C)C)CC1. The van der Waals surface area contributed by atoms with Gasteiger partial charge in [0.25, 0.3) is 0 Å². The van der Waals surface area contributed by atoms with Crippen LogP contribution in [0, 0.1) is 17.3 Å². The molecule has 0 radical (unpaired) electrons.